The van der Waals surface area contributed by atoms with Crippen molar-refractivity contribution in [1.29, 1.82) is 0 Å². The van der Waals surface area contributed by atoms with Crippen LogP contribution >= 0.6 is 0 Å². The smallest absolute Gasteiger partial charge is 0.223 e. The van der Waals surface area contributed by atoms with E-state index in [2.05, 4.69) is 0 Å². The van der Waals surface area contributed by atoms with Gasteiger partial charge in [0.25, 0.3) is 0 Å². The van der Waals surface area contributed by atoms with Gasteiger partial charge < -0.3 is 9.32 Å². The predicted octanol–water partition coefficient (Wildman–Crippen LogP) is 1.99. The summed E-state index contributed by atoms with van der Waals surface area (Å²) in [6.45, 7) is 2.39. The van der Waals surface area contributed by atoms with Gasteiger partial charge in [0.2, 0.25) is 5.91 Å². The molecule has 0 radical (unpaired) electrons. The Morgan fingerprint density at radius 3 is 2.85 bits per heavy atom. The van der Waals surface area contributed by atoms with Crippen LogP contribution in [0.2, 0.25) is 0 Å². The summed E-state index contributed by atoms with van der Waals surface area (Å²) in [6, 6.07) is 3.37. The highest BCUT2D eigenvalue weighted by Gasteiger charge is 2.34. The molecule has 1 aromatic heterocycles. The molecule has 1 amide bonds. The summed E-state index contributed by atoms with van der Waals surface area (Å²) in [5.41, 5.74) is 0. The fourth-order valence-corrected chi connectivity index (χ4v) is 4.21. The SMILES string of the molecule is CCCCC(=O)N(Cc1ccco1)[C@@H]1CCS(=O)(=O)C1. The van der Waals surface area contributed by atoms with E-state index in [9.17, 15) is 13.2 Å². The Bertz CT molecular complexity index is 536. The van der Waals surface area contributed by atoms with Crippen molar-refractivity contribution in [3.05, 3.63) is 24.2 Å². The van der Waals surface area contributed by atoms with Crippen molar-refractivity contribution < 1.29 is 17.6 Å². The van der Waals surface area contributed by atoms with Gasteiger partial charge in [0.15, 0.2) is 9.84 Å². The van der Waals surface area contributed by atoms with E-state index in [1.807, 2.05) is 13.0 Å². The zero-order valence-corrected chi connectivity index (χ0v) is 12.6. The van der Waals surface area contributed by atoms with Crippen LogP contribution in [0.25, 0.3) is 0 Å². The minimum absolute atomic E-state index is 0.0188. The fraction of sp³-hybridized carbons (Fsp3) is 0.643. The zero-order valence-electron chi connectivity index (χ0n) is 11.7. The lowest BCUT2D eigenvalue weighted by molar-refractivity contribution is -0.134. The lowest BCUT2D eigenvalue weighted by Crippen LogP contribution is -2.40. The summed E-state index contributed by atoms with van der Waals surface area (Å²) < 4.78 is 28.5. The Balaban J connectivity index is 2.09. The molecule has 1 atom stereocenters. The molecule has 0 aromatic carbocycles. The van der Waals surface area contributed by atoms with Crippen LogP contribution in [0, 0.1) is 0 Å². The maximum Gasteiger partial charge on any atom is 0.223 e. The second-order valence-electron chi connectivity index (χ2n) is 5.26. The zero-order chi connectivity index (χ0) is 14.6. The second-order valence-corrected chi connectivity index (χ2v) is 7.49. The molecule has 1 fully saturated rings. The summed E-state index contributed by atoms with van der Waals surface area (Å²) >= 11 is 0. The molecule has 0 unspecified atom stereocenters. The van der Waals surface area contributed by atoms with Crippen molar-refractivity contribution in [2.75, 3.05) is 11.5 Å². The molecule has 0 aliphatic carbocycles. The van der Waals surface area contributed by atoms with Crippen LogP contribution in [0.1, 0.15) is 38.4 Å². The van der Waals surface area contributed by atoms with Gasteiger partial charge in [-0.3, -0.25) is 4.79 Å². The van der Waals surface area contributed by atoms with Crippen LogP contribution in [0.4, 0.5) is 0 Å². The molecule has 2 rings (SSSR count). The van der Waals surface area contributed by atoms with E-state index in [1.54, 1.807) is 17.2 Å². The molecule has 0 spiro atoms. The van der Waals surface area contributed by atoms with E-state index in [-0.39, 0.29) is 23.5 Å². The number of unbranched alkanes of at least 4 members (excludes halogenated alkanes) is 1. The minimum Gasteiger partial charge on any atom is -0.467 e. The van der Waals surface area contributed by atoms with Crippen LogP contribution in [0.5, 0.6) is 0 Å². The molecular weight excluding hydrogens is 278 g/mol. The molecule has 0 bridgehead atoms. The van der Waals surface area contributed by atoms with Crippen LogP contribution in [-0.4, -0.2) is 36.8 Å². The summed E-state index contributed by atoms with van der Waals surface area (Å²) in [7, 11) is -3.00. The van der Waals surface area contributed by atoms with Crippen LogP contribution in [0.15, 0.2) is 22.8 Å². The van der Waals surface area contributed by atoms with Gasteiger partial charge >= 0.3 is 0 Å². The first-order chi connectivity index (χ1) is 9.52. The van der Waals surface area contributed by atoms with Crippen molar-refractivity contribution in [1.82, 2.24) is 4.90 Å². The lowest BCUT2D eigenvalue weighted by Gasteiger charge is -2.27. The van der Waals surface area contributed by atoms with E-state index in [0.717, 1.165) is 12.8 Å². The molecule has 112 valence electrons. The van der Waals surface area contributed by atoms with Crippen molar-refractivity contribution in [3.8, 4) is 0 Å². The third kappa shape index (κ3) is 3.85. The molecule has 5 nitrogen and oxygen atoms in total. The summed E-state index contributed by atoms with van der Waals surface area (Å²) in [4.78, 5) is 14.0. The average molecular weight is 299 g/mol. The van der Waals surface area contributed by atoms with Crippen LogP contribution < -0.4 is 0 Å². The third-order valence-electron chi connectivity index (χ3n) is 3.62. The van der Waals surface area contributed by atoms with Gasteiger partial charge in [-0.15, -0.1) is 0 Å². The van der Waals surface area contributed by atoms with Gasteiger partial charge in [-0.1, -0.05) is 13.3 Å². The highest BCUT2D eigenvalue weighted by molar-refractivity contribution is 7.91. The first-order valence-corrected chi connectivity index (χ1v) is 8.86. The summed E-state index contributed by atoms with van der Waals surface area (Å²) in [5.74, 6) is 0.961. The highest BCUT2D eigenvalue weighted by atomic mass is 32.2. The van der Waals surface area contributed by atoms with E-state index in [1.165, 1.54) is 0 Å². The number of carbonyl (C=O) groups is 1. The van der Waals surface area contributed by atoms with E-state index in [0.29, 0.717) is 25.1 Å². The Kier molecular flexibility index (Phi) is 4.86. The Morgan fingerprint density at radius 1 is 1.50 bits per heavy atom. The fourth-order valence-electron chi connectivity index (χ4n) is 2.48. The van der Waals surface area contributed by atoms with Crippen molar-refractivity contribution >= 4 is 15.7 Å². The Morgan fingerprint density at radius 2 is 2.30 bits per heavy atom. The number of hydrogen-bond donors (Lipinski definition) is 0. The third-order valence-corrected chi connectivity index (χ3v) is 5.37. The Labute approximate surface area is 119 Å². The van der Waals surface area contributed by atoms with Crippen LogP contribution in [-0.2, 0) is 21.2 Å². The number of rotatable bonds is 6. The highest BCUT2D eigenvalue weighted by Crippen LogP contribution is 2.21. The van der Waals surface area contributed by atoms with E-state index >= 15 is 0 Å². The molecule has 1 saturated heterocycles. The lowest BCUT2D eigenvalue weighted by atomic mass is 10.1. The summed E-state index contributed by atoms with van der Waals surface area (Å²) in [5, 5.41) is 0. The van der Waals surface area contributed by atoms with Gasteiger partial charge in [0, 0.05) is 12.5 Å². The van der Waals surface area contributed by atoms with E-state index in [4.69, 9.17) is 4.42 Å². The molecule has 0 saturated carbocycles. The normalized spacial score (nSPS) is 20.9. The molecular formula is C14H21NO4S. The van der Waals surface area contributed by atoms with Crippen molar-refractivity contribution in [3.63, 3.8) is 0 Å². The average Bonchev–Trinajstić information content (AvgIpc) is 3.02. The van der Waals surface area contributed by atoms with Gasteiger partial charge in [0.05, 0.1) is 24.3 Å². The number of carbonyl (C=O) groups excluding carboxylic acids is 1. The molecule has 1 aliphatic heterocycles. The Hall–Kier alpha value is -1.30. The molecule has 0 N–H and O–H groups in total. The predicted molar refractivity (Wildman–Crippen MR) is 75.8 cm³/mol. The van der Waals surface area contributed by atoms with Gasteiger partial charge in [0.1, 0.15) is 5.76 Å². The standard InChI is InChI=1S/C14H21NO4S/c1-2-3-6-14(16)15(10-13-5-4-8-19-13)12-7-9-20(17,18)11-12/h4-5,8,12H,2-3,6-7,9-11H2,1H3/t12-/m1/s1. The van der Waals surface area contributed by atoms with Gasteiger partial charge in [-0.05, 0) is 25.0 Å². The number of sulfone groups is 1. The van der Waals surface area contributed by atoms with Crippen molar-refractivity contribution in [2.24, 2.45) is 0 Å². The topological polar surface area (TPSA) is 67.6 Å². The minimum atomic E-state index is -3.00. The second kappa shape index (κ2) is 6.43. The first-order valence-electron chi connectivity index (χ1n) is 7.04. The summed E-state index contributed by atoms with van der Waals surface area (Å²) in [6.07, 6.45) is 4.33. The maximum atomic E-state index is 12.3. The quantitative estimate of drug-likeness (QED) is 0.805. The van der Waals surface area contributed by atoms with Crippen molar-refractivity contribution in [2.45, 2.75) is 45.2 Å². The molecule has 1 aromatic rings. The van der Waals surface area contributed by atoms with Gasteiger partial charge in [-0.25, -0.2) is 8.42 Å². The first kappa shape index (κ1) is 15.1. The van der Waals surface area contributed by atoms with E-state index < -0.39 is 9.84 Å². The number of amides is 1. The largest absolute Gasteiger partial charge is 0.467 e. The number of nitrogens with zero attached hydrogens (tertiary/aromatic N) is 1. The number of furan rings is 1. The monoisotopic (exact) mass is 299 g/mol. The molecule has 6 heteroatoms. The van der Waals surface area contributed by atoms with Crippen LogP contribution in [0.3, 0.4) is 0 Å². The van der Waals surface area contributed by atoms with Gasteiger partial charge in [-0.2, -0.15) is 0 Å². The molecule has 20 heavy (non-hydrogen) atoms. The maximum absolute atomic E-state index is 12.3. The molecule has 1 aliphatic rings. The molecule has 2 heterocycles. The number of hydrogen-bond acceptors (Lipinski definition) is 4.